The van der Waals surface area contributed by atoms with E-state index in [4.69, 9.17) is 14.3 Å². The number of hydroxylamine groups is 2. The Balaban J connectivity index is 1.19. The number of para-hydroxylation sites is 2. The van der Waals surface area contributed by atoms with Crippen molar-refractivity contribution < 1.29 is 38.3 Å². The maximum absolute atomic E-state index is 13.8. The Morgan fingerprint density at radius 1 is 0.898 bits per heavy atom. The number of likely N-dealkylation sites (N-methyl/N-ethyl adjacent to an activating group) is 1. The Labute approximate surface area is 280 Å². The summed E-state index contributed by atoms with van der Waals surface area (Å²) >= 11 is 0. The smallest absolute Gasteiger partial charge is 0.333 e. The number of amides is 3. The first-order valence-electron chi connectivity index (χ1n) is 16.7. The highest BCUT2D eigenvalue weighted by molar-refractivity contribution is 6.31. The molecule has 9 rings (SSSR count). The number of fused-ring (bicyclic) bond motifs is 13. The topological polar surface area (TPSA) is 129 Å². The van der Waals surface area contributed by atoms with E-state index < -0.39 is 41.9 Å². The molecule has 0 saturated carbocycles. The lowest BCUT2D eigenvalue weighted by atomic mass is 9.91. The summed E-state index contributed by atoms with van der Waals surface area (Å²) in [5.41, 5.74) is 4.56. The molecule has 2 saturated heterocycles. The number of carbonyl (C=O) groups is 5. The zero-order chi connectivity index (χ0) is 33.9. The summed E-state index contributed by atoms with van der Waals surface area (Å²) in [7, 11) is 3.32. The van der Waals surface area contributed by atoms with Crippen molar-refractivity contribution in [3.8, 4) is 0 Å². The molecular formula is C37H34N4O8. The highest BCUT2D eigenvalue weighted by Crippen LogP contribution is 2.54. The van der Waals surface area contributed by atoms with Gasteiger partial charge in [0.1, 0.15) is 12.3 Å². The second kappa shape index (κ2) is 10.5. The first kappa shape index (κ1) is 30.0. The quantitative estimate of drug-likeness (QED) is 0.236. The molecule has 3 amide bonds. The largest absolute Gasteiger partial charge is 0.374 e. The molecule has 0 radical (unpaired) electrons. The van der Waals surface area contributed by atoms with Crippen LogP contribution in [0.5, 0.6) is 0 Å². The van der Waals surface area contributed by atoms with Crippen LogP contribution in [0.2, 0.25) is 0 Å². The van der Waals surface area contributed by atoms with E-state index in [0.29, 0.717) is 24.3 Å². The molecule has 1 aliphatic carbocycles. The number of hydrogen-bond donors (Lipinski definition) is 0. The molecule has 2 aromatic heterocycles. The molecule has 12 nitrogen and oxygen atoms in total. The van der Waals surface area contributed by atoms with Crippen LogP contribution in [0.25, 0.3) is 43.6 Å². The molecule has 2 fully saturated rings. The molecule has 4 aliphatic rings. The van der Waals surface area contributed by atoms with E-state index in [1.54, 1.807) is 19.1 Å². The standard InChI is InChI=1S/C37H34N4O8/c1-37-36(47-3)24(38(2)26(43)16-17-30(46)49-41-27(44)14-15-28(41)45)18-29(48-37)39-22-10-6-4-8-19(22)33-32-21(12-13-25(32)42)31-20-9-5-7-11-23(20)40(37)35(31)34(33)39/h4-11,24,29,36H,12-18H2,1-3H3/t24-,29-,36-,37+/m1/s1. The molecule has 49 heavy (non-hydrogen) atoms. The van der Waals surface area contributed by atoms with E-state index in [0.717, 1.165) is 54.7 Å². The van der Waals surface area contributed by atoms with Crippen molar-refractivity contribution in [1.29, 1.82) is 0 Å². The average Bonchev–Trinajstić information content (AvgIpc) is 3.82. The molecule has 4 atom stereocenters. The van der Waals surface area contributed by atoms with Crippen LogP contribution in [0.1, 0.15) is 67.6 Å². The number of methoxy groups -OCH3 is 1. The Hall–Kier alpha value is -5.07. The molecule has 12 heteroatoms. The van der Waals surface area contributed by atoms with Gasteiger partial charge in [-0.05, 0) is 31.0 Å². The van der Waals surface area contributed by atoms with Crippen LogP contribution >= 0.6 is 0 Å². The fraction of sp³-hybridized carbons (Fsp3) is 0.378. The van der Waals surface area contributed by atoms with Gasteiger partial charge in [0.25, 0.3) is 11.8 Å². The monoisotopic (exact) mass is 662 g/mol. The number of ketones is 1. The molecular weight excluding hydrogens is 628 g/mol. The van der Waals surface area contributed by atoms with Gasteiger partial charge in [-0.25, -0.2) is 4.79 Å². The lowest BCUT2D eigenvalue weighted by Crippen LogP contribution is -2.61. The molecule has 250 valence electrons. The van der Waals surface area contributed by atoms with Crippen LogP contribution in [0.4, 0.5) is 0 Å². The van der Waals surface area contributed by atoms with E-state index in [9.17, 15) is 24.0 Å². The first-order valence-corrected chi connectivity index (χ1v) is 16.7. The predicted molar refractivity (Wildman–Crippen MR) is 177 cm³/mol. The normalized spacial score (nSPS) is 24.5. The van der Waals surface area contributed by atoms with Gasteiger partial charge in [-0.1, -0.05) is 36.4 Å². The van der Waals surface area contributed by atoms with E-state index in [-0.39, 0.29) is 37.4 Å². The van der Waals surface area contributed by atoms with E-state index in [1.807, 2.05) is 31.2 Å². The molecule has 0 unspecified atom stereocenters. The van der Waals surface area contributed by atoms with Crippen LogP contribution in [0.3, 0.4) is 0 Å². The third-order valence-electron chi connectivity index (χ3n) is 11.1. The highest BCUT2D eigenvalue weighted by atomic mass is 16.7. The van der Waals surface area contributed by atoms with Crippen molar-refractivity contribution in [3.63, 3.8) is 0 Å². The van der Waals surface area contributed by atoms with Crippen molar-refractivity contribution in [1.82, 2.24) is 19.1 Å². The fourth-order valence-corrected chi connectivity index (χ4v) is 9.00. The zero-order valence-corrected chi connectivity index (χ0v) is 27.4. The van der Waals surface area contributed by atoms with Gasteiger partial charge >= 0.3 is 5.97 Å². The number of imide groups is 1. The number of hydrogen-bond acceptors (Lipinski definition) is 8. The molecule has 0 spiro atoms. The van der Waals surface area contributed by atoms with Crippen LogP contribution in [0, 0.1) is 0 Å². The third kappa shape index (κ3) is 3.95. The van der Waals surface area contributed by atoms with Gasteiger partial charge in [-0.2, -0.15) is 0 Å². The summed E-state index contributed by atoms with van der Waals surface area (Å²) in [6, 6.07) is 15.8. The van der Waals surface area contributed by atoms with Gasteiger partial charge in [0, 0.05) is 73.4 Å². The predicted octanol–water partition coefficient (Wildman–Crippen LogP) is 4.87. The van der Waals surface area contributed by atoms with Crippen LogP contribution in [0.15, 0.2) is 48.5 Å². The van der Waals surface area contributed by atoms with Gasteiger partial charge in [0.05, 0.1) is 34.5 Å². The summed E-state index contributed by atoms with van der Waals surface area (Å²) in [4.78, 5) is 70.5. The van der Waals surface area contributed by atoms with Crippen molar-refractivity contribution in [2.24, 2.45) is 0 Å². The second-order valence-corrected chi connectivity index (χ2v) is 13.6. The summed E-state index contributed by atoms with van der Waals surface area (Å²) < 4.78 is 17.9. The zero-order valence-electron chi connectivity index (χ0n) is 27.4. The Morgan fingerprint density at radius 3 is 2.29 bits per heavy atom. The lowest BCUT2D eigenvalue weighted by Gasteiger charge is -2.50. The SMILES string of the molecule is CO[C@@H]1[C@H](N(C)C(=O)CCC(=O)ON2C(=O)CCC2=O)C[C@H]2O[C@]1(C)n1c3ccccc3c3c4c(c5c6ccccc6n2c5c31)C(=O)CC4. The van der Waals surface area contributed by atoms with Crippen molar-refractivity contribution in [3.05, 3.63) is 59.7 Å². The number of aryl methyl sites for hydroxylation is 1. The molecule has 3 aliphatic heterocycles. The molecule has 5 heterocycles. The number of rotatable bonds is 6. The van der Waals surface area contributed by atoms with Gasteiger partial charge < -0.3 is 28.3 Å². The summed E-state index contributed by atoms with van der Waals surface area (Å²) in [6.45, 7) is 2.00. The molecule has 3 aromatic carbocycles. The Bertz CT molecular complexity index is 2320. The average molecular weight is 663 g/mol. The van der Waals surface area contributed by atoms with Crippen molar-refractivity contribution in [2.45, 2.75) is 76.0 Å². The van der Waals surface area contributed by atoms with Crippen molar-refractivity contribution in [2.75, 3.05) is 14.2 Å². The van der Waals surface area contributed by atoms with Crippen LogP contribution in [-0.2, 0) is 45.6 Å². The summed E-state index contributed by atoms with van der Waals surface area (Å²) in [5, 5.41) is 4.49. The number of Topliss-reactive ketones (excluding diaryl/α,β-unsaturated/α-hetero) is 1. The van der Waals surface area contributed by atoms with E-state index in [1.165, 1.54) is 0 Å². The number of ether oxygens (including phenoxy) is 2. The lowest BCUT2D eigenvalue weighted by molar-refractivity contribution is -0.266. The number of benzene rings is 3. The number of carbonyl (C=O) groups excluding carboxylic acids is 5. The van der Waals surface area contributed by atoms with Gasteiger partial charge in [-0.3, -0.25) is 19.2 Å². The highest BCUT2D eigenvalue weighted by Gasteiger charge is 2.55. The third-order valence-corrected chi connectivity index (χ3v) is 11.1. The minimum absolute atomic E-state index is 0.00928. The molecule has 0 N–H and O–H groups in total. The van der Waals surface area contributed by atoms with Crippen LogP contribution in [-0.4, -0.2) is 74.9 Å². The Morgan fingerprint density at radius 2 is 1.57 bits per heavy atom. The van der Waals surface area contributed by atoms with E-state index in [2.05, 4.69) is 33.4 Å². The van der Waals surface area contributed by atoms with Gasteiger partial charge in [-0.15, -0.1) is 5.06 Å². The van der Waals surface area contributed by atoms with Crippen LogP contribution < -0.4 is 0 Å². The maximum Gasteiger partial charge on any atom is 0.333 e. The van der Waals surface area contributed by atoms with E-state index >= 15 is 0 Å². The maximum atomic E-state index is 13.8. The first-order chi connectivity index (χ1) is 23.6. The van der Waals surface area contributed by atoms with Crippen molar-refractivity contribution >= 4 is 73.1 Å². The minimum atomic E-state index is -1.10. The molecule has 5 aromatic rings. The fourth-order valence-electron chi connectivity index (χ4n) is 9.00. The van der Waals surface area contributed by atoms with Gasteiger partial charge in [0.2, 0.25) is 5.91 Å². The number of aromatic nitrogens is 2. The second-order valence-electron chi connectivity index (χ2n) is 13.6. The number of nitrogens with zero attached hydrogens (tertiary/aromatic N) is 4. The Kier molecular flexibility index (Phi) is 6.41. The minimum Gasteiger partial charge on any atom is -0.374 e. The van der Waals surface area contributed by atoms with Gasteiger partial charge in [0.15, 0.2) is 11.5 Å². The summed E-state index contributed by atoms with van der Waals surface area (Å²) in [5.74, 6) is -2.15. The summed E-state index contributed by atoms with van der Waals surface area (Å²) in [6.07, 6.45) is -0.187. The molecule has 2 bridgehead atoms.